The van der Waals surface area contributed by atoms with Crippen LogP contribution in [0.15, 0.2) is 0 Å². The average Bonchev–Trinajstić information content (AvgIpc) is 2.29. The van der Waals surface area contributed by atoms with Crippen molar-refractivity contribution in [3.8, 4) is 0 Å². The highest BCUT2D eigenvalue weighted by atomic mass is 32.2. The minimum atomic E-state index is 0.576. The van der Waals surface area contributed by atoms with Crippen molar-refractivity contribution in [1.29, 1.82) is 0 Å². The summed E-state index contributed by atoms with van der Waals surface area (Å²) in [4.78, 5) is 0. The van der Waals surface area contributed by atoms with Crippen molar-refractivity contribution in [2.75, 3.05) is 6.26 Å². The first-order valence-corrected chi connectivity index (χ1v) is 8.67. The molecule has 2 rings (SSSR count). The summed E-state index contributed by atoms with van der Waals surface area (Å²) in [6, 6.07) is 1.62. The predicted molar refractivity (Wildman–Crippen MR) is 78.7 cm³/mol. The molecule has 0 heterocycles. The average molecular weight is 255 g/mol. The van der Waals surface area contributed by atoms with Gasteiger partial charge >= 0.3 is 0 Å². The lowest BCUT2D eigenvalue weighted by atomic mass is 9.75. The van der Waals surface area contributed by atoms with E-state index in [0.717, 1.165) is 17.3 Å². The molecule has 0 saturated heterocycles. The Labute approximate surface area is 112 Å². The summed E-state index contributed by atoms with van der Waals surface area (Å²) >= 11 is 2.07. The van der Waals surface area contributed by atoms with Gasteiger partial charge in [0.25, 0.3) is 0 Å². The summed E-state index contributed by atoms with van der Waals surface area (Å²) in [5.74, 6) is 0. The fourth-order valence-electron chi connectivity index (χ4n) is 3.64. The van der Waals surface area contributed by atoms with Crippen LogP contribution in [0.4, 0.5) is 0 Å². The van der Waals surface area contributed by atoms with E-state index in [9.17, 15) is 0 Å². The SMILES string of the molecule is CSC1CCC(NC2CCCC(C)(C)C2)CC1. The number of hydrogen-bond acceptors (Lipinski definition) is 2. The molecule has 2 aliphatic carbocycles. The molecule has 0 aliphatic heterocycles. The van der Waals surface area contributed by atoms with E-state index < -0.39 is 0 Å². The van der Waals surface area contributed by atoms with Crippen molar-refractivity contribution >= 4 is 11.8 Å². The minimum absolute atomic E-state index is 0.576. The fourth-order valence-corrected chi connectivity index (χ4v) is 4.38. The number of hydrogen-bond donors (Lipinski definition) is 1. The second kappa shape index (κ2) is 5.97. The van der Waals surface area contributed by atoms with Crippen LogP contribution in [0, 0.1) is 5.41 Å². The smallest absolute Gasteiger partial charge is 0.00747 e. The summed E-state index contributed by atoms with van der Waals surface area (Å²) in [5, 5.41) is 4.89. The van der Waals surface area contributed by atoms with Crippen molar-refractivity contribution in [3.05, 3.63) is 0 Å². The number of nitrogens with one attached hydrogen (secondary N) is 1. The molecule has 0 aromatic rings. The van der Waals surface area contributed by atoms with Gasteiger partial charge in [-0.1, -0.05) is 20.3 Å². The van der Waals surface area contributed by atoms with Crippen LogP contribution in [-0.2, 0) is 0 Å². The fraction of sp³-hybridized carbons (Fsp3) is 1.00. The molecule has 0 spiro atoms. The van der Waals surface area contributed by atoms with Crippen molar-refractivity contribution in [2.45, 2.75) is 82.5 Å². The zero-order valence-corrected chi connectivity index (χ0v) is 12.6. The molecular weight excluding hydrogens is 226 g/mol. The monoisotopic (exact) mass is 255 g/mol. The second-order valence-electron chi connectivity index (χ2n) is 6.83. The molecule has 1 nitrogen and oxygen atoms in total. The highest BCUT2D eigenvalue weighted by molar-refractivity contribution is 7.99. The van der Waals surface area contributed by atoms with Gasteiger partial charge in [0.2, 0.25) is 0 Å². The van der Waals surface area contributed by atoms with Gasteiger partial charge < -0.3 is 5.32 Å². The van der Waals surface area contributed by atoms with Gasteiger partial charge in [0.05, 0.1) is 0 Å². The predicted octanol–water partition coefficient (Wildman–Crippen LogP) is 4.22. The van der Waals surface area contributed by atoms with E-state index in [1.807, 2.05) is 0 Å². The van der Waals surface area contributed by atoms with Crippen LogP contribution in [0.25, 0.3) is 0 Å². The Balaban J connectivity index is 1.74. The molecule has 2 heteroatoms. The molecule has 100 valence electrons. The van der Waals surface area contributed by atoms with Crippen LogP contribution in [0.3, 0.4) is 0 Å². The normalized spacial score (nSPS) is 37.9. The molecule has 2 saturated carbocycles. The van der Waals surface area contributed by atoms with Gasteiger partial charge in [-0.15, -0.1) is 0 Å². The van der Waals surface area contributed by atoms with E-state index in [1.165, 1.54) is 51.4 Å². The Hall–Kier alpha value is 0.310. The molecule has 1 unspecified atom stereocenters. The van der Waals surface area contributed by atoms with Gasteiger partial charge in [0, 0.05) is 17.3 Å². The lowest BCUT2D eigenvalue weighted by Crippen LogP contribution is -2.44. The summed E-state index contributed by atoms with van der Waals surface area (Å²) in [5.41, 5.74) is 0.576. The topological polar surface area (TPSA) is 12.0 Å². The van der Waals surface area contributed by atoms with Gasteiger partial charge in [0.1, 0.15) is 0 Å². The highest BCUT2D eigenvalue weighted by Crippen LogP contribution is 2.36. The first-order chi connectivity index (χ1) is 8.09. The van der Waals surface area contributed by atoms with Crippen molar-refractivity contribution in [3.63, 3.8) is 0 Å². The molecule has 0 aromatic carbocycles. The third kappa shape index (κ3) is 4.17. The van der Waals surface area contributed by atoms with Crippen LogP contribution in [0.5, 0.6) is 0 Å². The Morgan fingerprint density at radius 2 is 1.71 bits per heavy atom. The maximum atomic E-state index is 3.95. The molecule has 1 atom stereocenters. The van der Waals surface area contributed by atoms with Crippen molar-refractivity contribution in [2.24, 2.45) is 5.41 Å². The number of rotatable bonds is 3. The molecule has 0 bridgehead atoms. The molecule has 2 fully saturated rings. The van der Waals surface area contributed by atoms with E-state index in [-0.39, 0.29) is 0 Å². The van der Waals surface area contributed by atoms with Crippen molar-refractivity contribution < 1.29 is 0 Å². The highest BCUT2D eigenvalue weighted by Gasteiger charge is 2.30. The first kappa shape index (κ1) is 13.7. The van der Waals surface area contributed by atoms with Crippen LogP contribution < -0.4 is 5.32 Å². The lowest BCUT2D eigenvalue weighted by molar-refractivity contribution is 0.181. The van der Waals surface area contributed by atoms with Gasteiger partial charge in [-0.2, -0.15) is 11.8 Å². The molecule has 1 N–H and O–H groups in total. The maximum absolute atomic E-state index is 3.95. The zero-order chi connectivity index (χ0) is 12.3. The maximum Gasteiger partial charge on any atom is 0.00747 e. The van der Waals surface area contributed by atoms with E-state index in [4.69, 9.17) is 0 Å². The third-order valence-electron chi connectivity index (χ3n) is 4.68. The summed E-state index contributed by atoms with van der Waals surface area (Å²) in [7, 11) is 0. The molecule has 17 heavy (non-hydrogen) atoms. The third-order valence-corrected chi connectivity index (χ3v) is 5.82. The summed E-state index contributed by atoms with van der Waals surface area (Å²) in [6.45, 7) is 4.87. The molecule has 0 radical (unpaired) electrons. The van der Waals surface area contributed by atoms with Crippen molar-refractivity contribution in [1.82, 2.24) is 5.32 Å². The van der Waals surface area contributed by atoms with Gasteiger partial charge in [-0.25, -0.2) is 0 Å². The van der Waals surface area contributed by atoms with E-state index in [1.54, 1.807) is 0 Å². The van der Waals surface area contributed by atoms with Crippen LogP contribution in [-0.4, -0.2) is 23.6 Å². The summed E-state index contributed by atoms with van der Waals surface area (Å²) in [6.07, 6.45) is 13.6. The minimum Gasteiger partial charge on any atom is -0.311 e. The Morgan fingerprint density at radius 3 is 2.29 bits per heavy atom. The van der Waals surface area contributed by atoms with E-state index >= 15 is 0 Å². The van der Waals surface area contributed by atoms with E-state index in [0.29, 0.717) is 5.41 Å². The quantitative estimate of drug-likeness (QED) is 0.810. The van der Waals surface area contributed by atoms with Crippen LogP contribution >= 0.6 is 11.8 Å². The Morgan fingerprint density at radius 1 is 1.00 bits per heavy atom. The molecule has 0 aromatic heterocycles. The van der Waals surface area contributed by atoms with Crippen LogP contribution in [0.1, 0.15) is 65.2 Å². The lowest BCUT2D eigenvalue weighted by Gasteiger charge is -2.39. The standard InChI is InChI=1S/C15H29NS/c1-15(2)10-4-5-13(11-15)16-12-6-8-14(17-3)9-7-12/h12-14,16H,4-11H2,1-3H3. The Bertz CT molecular complexity index is 231. The zero-order valence-electron chi connectivity index (χ0n) is 11.8. The molecule has 2 aliphatic rings. The van der Waals surface area contributed by atoms with Gasteiger partial charge in [0.15, 0.2) is 0 Å². The van der Waals surface area contributed by atoms with E-state index in [2.05, 4.69) is 37.2 Å². The number of thioether (sulfide) groups is 1. The molecule has 0 amide bonds. The first-order valence-electron chi connectivity index (χ1n) is 7.38. The molecular formula is C15H29NS. The van der Waals surface area contributed by atoms with Gasteiger partial charge in [-0.3, -0.25) is 0 Å². The van der Waals surface area contributed by atoms with Gasteiger partial charge in [-0.05, 0) is 56.6 Å². The Kier molecular flexibility index (Phi) is 4.82. The second-order valence-corrected chi connectivity index (χ2v) is 7.97. The van der Waals surface area contributed by atoms with Crippen LogP contribution in [0.2, 0.25) is 0 Å². The largest absolute Gasteiger partial charge is 0.311 e. The summed E-state index contributed by atoms with van der Waals surface area (Å²) < 4.78 is 0.